The average Bonchev–Trinajstić information content (AvgIpc) is 2.40. The molecule has 1 N–H and O–H groups in total. The Morgan fingerprint density at radius 3 is 2.42 bits per heavy atom. The Hall–Kier alpha value is -0.860. The molecule has 2 heteroatoms. The molecule has 0 heterocycles. The molecule has 0 atom stereocenters. The van der Waals surface area contributed by atoms with Crippen molar-refractivity contribution in [3.8, 4) is 0 Å². The SMILES string of the molecule is CCCNCCCCCN(C)Cc1ccc(C)cc1. The zero-order valence-corrected chi connectivity index (χ0v) is 12.9. The van der Waals surface area contributed by atoms with Gasteiger partial charge in [-0.3, -0.25) is 0 Å². The smallest absolute Gasteiger partial charge is 0.0230 e. The Morgan fingerprint density at radius 2 is 1.74 bits per heavy atom. The molecule has 0 aliphatic carbocycles. The Balaban J connectivity index is 2.04. The van der Waals surface area contributed by atoms with Crippen molar-refractivity contribution in [3.63, 3.8) is 0 Å². The summed E-state index contributed by atoms with van der Waals surface area (Å²) in [5.74, 6) is 0. The summed E-state index contributed by atoms with van der Waals surface area (Å²) in [7, 11) is 2.22. The maximum absolute atomic E-state index is 3.45. The van der Waals surface area contributed by atoms with E-state index in [0.29, 0.717) is 0 Å². The molecule has 0 unspecified atom stereocenters. The van der Waals surface area contributed by atoms with Crippen molar-refractivity contribution in [3.05, 3.63) is 35.4 Å². The Bertz CT molecular complexity index is 319. The Labute approximate surface area is 119 Å². The van der Waals surface area contributed by atoms with Crippen LogP contribution >= 0.6 is 0 Å². The molecule has 0 saturated heterocycles. The first-order chi connectivity index (χ1) is 9.22. The van der Waals surface area contributed by atoms with Gasteiger partial charge in [-0.2, -0.15) is 0 Å². The Kier molecular flexibility index (Phi) is 8.52. The summed E-state index contributed by atoms with van der Waals surface area (Å²) < 4.78 is 0. The zero-order valence-electron chi connectivity index (χ0n) is 12.9. The van der Waals surface area contributed by atoms with Gasteiger partial charge < -0.3 is 10.2 Å². The number of rotatable bonds is 10. The van der Waals surface area contributed by atoms with Gasteiger partial charge >= 0.3 is 0 Å². The first-order valence-corrected chi connectivity index (χ1v) is 7.67. The van der Waals surface area contributed by atoms with Crippen LogP contribution in [0.4, 0.5) is 0 Å². The Morgan fingerprint density at radius 1 is 1.00 bits per heavy atom. The minimum Gasteiger partial charge on any atom is -0.317 e. The molecule has 0 aliphatic rings. The van der Waals surface area contributed by atoms with Crippen molar-refractivity contribution in [1.29, 1.82) is 0 Å². The first kappa shape index (κ1) is 16.2. The van der Waals surface area contributed by atoms with Crippen molar-refractivity contribution in [2.75, 3.05) is 26.7 Å². The third kappa shape index (κ3) is 8.02. The van der Waals surface area contributed by atoms with E-state index in [9.17, 15) is 0 Å². The summed E-state index contributed by atoms with van der Waals surface area (Å²) in [5.41, 5.74) is 2.75. The van der Waals surface area contributed by atoms with Gasteiger partial charge in [0.15, 0.2) is 0 Å². The summed E-state index contributed by atoms with van der Waals surface area (Å²) in [5, 5.41) is 3.45. The topological polar surface area (TPSA) is 15.3 Å². The van der Waals surface area contributed by atoms with Gasteiger partial charge in [-0.05, 0) is 58.4 Å². The van der Waals surface area contributed by atoms with Gasteiger partial charge in [0.25, 0.3) is 0 Å². The number of hydrogen-bond donors (Lipinski definition) is 1. The molecule has 1 rings (SSSR count). The van der Waals surface area contributed by atoms with E-state index in [4.69, 9.17) is 0 Å². The van der Waals surface area contributed by atoms with E-state index < -0.39 is 0 Å². The predicted molar refractivity (Wildman–Crippen MR) is 84.5 cm³/mol. The van der Waals surface area contributed by atoms with Crippen molar-refractivity contribution < 1.29 is 0 Å². The molecule has 0 amide bonds. The van der Waals surface area contributed by atoms with Crippen LogP contribution in [-0.2, 0) is 6.54 Å². The van der Waals surface area contributed by atoms with Crippen LogP contribution in [-0.4, -0.2) is 31.6 Å². The summed E-state index contributed by atoms with van der Waals surface area (Å²) in [6.07, 6.45) is 5.17. The predicted octanol–water partition coefficient (Wildman–Crippen LogP) is 3.60. The van der Waals surface area contributed by atoms with Crippen molar-refractivity contribution >= 4 is 0 Å². The molecule has 0 aromatic heterocycles. The quantitative estimate of drug-likeness (QED) is 0.648. The lowest BCUT2D eigenvalue weighted by molar-refractivity contribution is 0.317. The fourth-order valence-electron chi connectivity index (χ4n) is 2.19. The highest BCUT2D eigenvalue weighted by molar-refractivity contribution is 5.21. The van der Waals surface area contributed by atoms with E-state index in [1.807, 2.05) is 0 Å². The maximum Gasteiger partial charge on any atom is 0.0230 e. The van der Waals surface area contributed by atoms with Crippen LogP contribution in [0.5, 0.6) is 0 Å². The van der Waals surface area contributed by atoms with Crippen molar-refractivity contribution in [1.82, 2.24) is 10.2 Å². The van der Waals surface area contributed by atoms with E-state index in [1.54, 1.807) is 0 Å². The molecular formula is C17H30N2. The normalized spacial score (nSPS) is 11.2. The number of nitrogens with one attached hydrogen (secondary N) is 1. The molecule has 2 nitrogen and oxygen atoms in total. The highest BCUT2D eigenvalue weighted by atomic mass is 15.1. The van der Waals surface area contributed by atoms with Crippen LogP contribution in [0.15, 0.2) is 24.3 Å². The number of unbranched alkanes of at least 4 members (excludes halogenated alkanes) is 2. The average molecular weight is 262 g/mol. The third-order valence-corrected chi connectivity index (χ3v) is 3.39. The molecule has 0 bridgehead atoms. The van der Waals surface area contributed by atoms with Crippen LogP contribution in [0.25, 0.3) is 0 Å². The number of aryl methyl sites for hydroxylation is 1. The molecule has 0 saturated carbocycles. The summed E-state index contributed by atoms with van der Waals surface area (Å²) in [6, 6.07) is 8.87. The van der Waals surface area contributed by atoms with Crippen molar-refractivity contribution in [2.24, 2.45) is 0 Å². The van der Waals surface area contributed by atoms with E-state index in [0.717, 1.165) is 13.1 Å². The number of hydrogen-bond acceptors (Lipinski definition) is 2. The minimum atomic E-state index is 1.06. The second kappa shape index (κ2) is 9.99. The minimum absolute atomic E-state index is 1.06. The standard InChI is InChI=1S/C17H30N2/c1-4-12-18-13-6-5-7-14-19(3)15-17-10-8-16(2)9-11-17/h8-11,18H,4-7,12-15H2,1-3H3. The van der Waals surface area contributed by atoms with Crippen LogP contribution in [0, 0.1) is 6.92 Å². The summed E-state index contributed by atoms with van der Waals surface area (Å²) in [4.78, 5) is 2.42. The van der Waals surface area contributed by atoms with Gasteiger partial charge in [0.05, 0.1) is 0 Å². The molecule has 1 aromatic carbocycles. The van der Waals surface area contributed by atoms with E-state index in [2.05, 4.69) is 55.4 Å². The van der Waals surface area contributed by atoms with Crippen LogP contribution in [0.1, 0.15) is 43.7 Å². The van der Waals surface area contributed by atoms with E-state index in [-0.39, 0.29) is 0 Å². The van der Waals surface area contributed by atoms with Gasteiger partial charge in [-0.25, -0.2) is 0 Å². The molecule has 19 heavy (non-hydrogen) atoms. The fourth-order valence-corrected chi connectivity index (χ4v) is 2.19. The largest absolute Gasteiger partial charge is 0.317 e. The number of nitrogens with zero attached hydrogens (tertiary/aromatic N) is 1. The van der Waals surface area contributed by atoms with Crippen LogP contribution < -0.4 is 5.32 Å². The number of benzene rings is 1. The van der Waals surface area contributed by atoms with Crippen molar-refractivity contribution in [2.45, 2.75) is 46.1 Å². The lowest BCUT2D eigenvalue weighted by atomic mass is 10.1. The summed E-state index contributed by atoms with van der Waals surface area (Å²) >= 11 is 0. The maximum atomic E-state index is 3.45. The molecule has 108 valence electrons. The lowest BCUT2D eigenvalue weighted by Crippen LogP contribution is -2.20. The second-order valence-electron chi connectivity index (χ2n) is 5.53. The first-order valence-electron chi connectivity index (χ1n) is 7.67. The lowest BCUT2D eigenvalue weighted by Gasteiger charge is -2.16. The zero-order chi connectivity index (χ0) is 13.9. The third-order valence-electron chi connectivity index (χ3n) is 3.39. The molecule has 0 aliphatic heterocycles. The molecule has 1 aromatic rings. The van der Waals surface area contributed by atoms with E-state index in [1.165, 1.54) is 49.9 Å². The monoisotopic (exact) mass is 262 g/mol. The van der Waals surface area contributed by atoms with E-state index >= 15 is 0 Å². The van der Waals surface area contributed by atoms with Gasteiger partial charge in [0.1, 0.15) is 0 Å². The summed E-state index contributed by atoms with van der Waals surface area (Å²) in [6.45, 7) is 8.95. The molecule has 0 fully saturated rings. The highest BCUT2D eigenvalue weighted by Gasteiger charge is 2.00. The fraction of sp³-hybridized carbons (Fsp3) is 0.647. The van der Waals surface area contributed by atoms with Gasteiger partial charge in [0.2, 0.25) is 0 Å². The van der Waals surface area contributed by atoms with Crippen LogP contribution in [0.3, 0.4) is 0 Å². The molecular weight excluding hydrogens is 232 g/mol. The van der Waals surface area contributed by atoms with Crippen LogP contribution in [0.2, 0.25) is 0 Å². The second-order valence-corrected chi connectivity index (χ2v) is 5.53. The van der Waals surface area contributed by atoms with Gasteiger partial charge in [0, 0.05) is 6.54 Å². The molecule has 0 spiro atoms. The highest BCUT2D eigenvalue weighted by Crippen LogP contribution is 2.06. The molecule has 0 radical (unpaired) electrons. The van der Waals surface area contributed by atoms with Gasteiger partial charge in [-0.1, -0.05) is 43.2 Å². The van der Waals surface area contributed by atoms with Gasteiger partial charge in [-0.15, -0.1) is 0 Å².